The molecule has 0 N–H and O–H groups in total. The molecule has 52 valence electrons. The van der Waals surface area contributed by atoms with Gasteiger partial charge in [-0.3, -0.25) is 4.90 Å². The first-order valence-electron chi connectivity index (χ1n) is 3.44. The van der Waals surface area contributed by atoms with Crippen LogP contribution in [0.4, 0.5) is 0 Å². The minimum atomic E-state index is 0.416. The van der Waals surface area contributed by atoms with Crippen molar-refractivity contribution in [3.05, 3.63) is 0 Å². The van der Waals surface area contributed by atoms with Gasteiger partial charge in [0.1, 0.15) is 0 Å². The highest BCUT2D eigenvalue weighted by Crippen LogP contribution is 2.26. The first-order valence-corrected chi connectivity index (χ1v) is 4.49. The minimum absolute atomic E-state index is 0.416. The Hall–Kier alpha value is 0.270. The smallest absolute Gasteiger partial charge is 0.158 e. The van der Waals surface area contributed by atoms with Crippen LogP contribution in [-0.4, -0.2) is 35.9 Å². The maximum absolute atomic E-state index is 5.45. The van der Waals surface area contributed by atoms with Crippen molar-refractivity contribution in [3.63, 3.8) is 0 Å². The van der Waals surface area contributed by atoms with Crippen LogP contribution in [0.15, 0.2) is 0 Å². The third-order valence-electron chi connectivity index (χ3n) is 1.79. The molecule has 0 spiro atoms. The summed E-state index contributed by atoms with van der Waals surface area (Å²) in [5, 5.41) is 0. The highest BCUT2D eigenvalue weighted by atomic mass is 32.2. The van der Waals surface area contributed by atoms with E-state index in [1.165, 1.54) is 18.7 Å². The van der Waals surface area contributed by atoms with Gasteiger partial charge in [-0.15, -0.1) is 11.8 Å². The maximum Gasteiger partial charge on any atom is 0.158 e. The molecule has 0 radical (unpaired) electrons. The Labute approximate surface area is 59.5 Å². The van der Waals surface area contributed by atoms with Crippen molar-refractivity contribution in [2.24, 2.45) is 0 Å². The van der Waals surface area contributed by atoms with Crippen molar-refractivity contribution >= 4 is 11.8 Å². The summed E-state index contributed by atoms with van der Waals surface area (Å²) < 4.78 is 5.45. The van der Waals surface area contributed by atoms with E-state index in [1.54, 1.807) is 0 Å². The zero-order valence-corrected chi connectivity index (χ0v) is 6.19. The van der Waals surface area contributed by atoms with Crippen molar-refractivity contribution in [3.8, 4) is 0 Å². The largest absolute Gasteiger partial charge is 0.352 e. The minimum Gasteiger partial charge on any atom is -0.352 e. The van der Waals surface area contributed by atoms with Crippen molar-refractivity contribution in [2.45, 2.75) is 12.0 Å². The zero-order chi connectivity index (χ0) is 6.10. The van der Waals surface area contributed by atoms with Crippen LogP contribution in [0.3, 0.4) is 0 Å². The number of ether oxygens (including phenoxy) is 1. The Kier molecular flexibility index (Phi) is 1.66. The van der Waals surface area contributed by atoms with E-state index < -0.39 is 0 Å². The summed E-state index contributed by atoms with van der Waals surface area (Å²) >= 11 is 1.94. The van der Waals surface area contributed by atoms with E-state index in [-0.39, 0.29) is 0 Å². The average molecular weight is 145 g/mol. The number of hydrogen-bond donors (Lipinski definition) is 0. The highest BCUT2D eigenvalue weighted by Gasteiger charge is 2.27. The van der Waals surface area contributed by atoms with Gasteiger partial charge in [0.05, 0.1) is 6.61 Å². The van der Waals surface area contributed by atoms with Crippen LogP contribution in [0, 0.1) is 0 Å². The van der Waals surface area contributed by atoms with Crippen LogP contribution in [-0.2, 0) is 4.74 Å². The van der Waals surface area contributed by atoms with E-state index in [0.29, 0.717) is 5.56 Å². The van der Waals surface area contributed by atoms with E-state index in [0.717, 1.165) is 13.2 Å². The number of nitrogens with zero attached hydrogens (tertiary/aromatic N) is 1. The van der Waals surface area contributed by atoms with Crippen LogP contribution in [0.2, 0.25) is 0 Å². The summed E-state index contributed by atoms with van der Waals surface area (Å²) in [5.41, 5.74) is 0.416. The second kappa shape index (κ2) is 2.48. The molecule has 2 aliphatic rings. The lowest BCUT2D eigenvalue weighted by Gasteiger charge is -2.26. The SMILES string of the molecule is C1CSC2OCCN2C1. The third kappa shape index (κ3) is 1.09. The van der Waals surface area contributed by atoms with Crippen LogP contribution in [0.5, 0.6) is 0 Å². The molecule has 2 rings (SSSR count). The van der Waals surface area contributed by atoms with Gasteiger partial charge in [0, 0.05) is 13.1 Å². The average Bonchev–Trinajstić information content (AvgIpc) is 2.33. The van der Waals surface area contributed by atoms with Crippen LogP contribution < -0.4 is 0 Å². The molecule has 2 fully saturated rings. The fraction of sp³-hybridized carbons (Fsp3) is 1.00. The zero-order valence-electron chi connectivity index (χ0n) is 5.38. The molecule has 2 heterocycles. The molecule has 0 aliphatic carbocycles. The Balaban J connectivity index is 1.97. The van der Waals surface area contributed by atoms with E-state index >= 15 is 0 Å². The molecule has 0 amide bonds. The van der Waals surface area contributed by atoms with E-state index in [1.807, 2.05) is 11.8 Å². The van der Waals surface area contributed by atoms with Crippen molar-refractivity contribution < 1.29 is 4.74 Å². The Morgan fingerprint density at radius 2 is 2.44 bits per heavy atom. The van der Waals surface area contributed by atoms with E-state index in [9.17, 15) is 0 Å². The molecule has 3 heteroatoms. The monoisotopic (exact) mass is 145 g/mol. The summed E-state index contributed by atoms with van der Waals surface area (Å²) in [7, 11) is 0. The van der Waals surface area contributed by atoms with Gasteiger partial charge in [-0.1, -0.05) is 0 Å². The van der Waals surface area contributed by atoms with Crippen LogP contribution >= 0.6 is 11.8 Å². The van der Waals surface area contributed by atoms with Gasteiger partial charge in [-0.05, 0) is 12.2 Å². The molecule has 1 unspecified atom stereocenters. The van der Waals surface area contributed by atoms with Crippen LogP contribution in [0.1, 0.15) is 6.42 Å². The topological polar surface area (TPSA) is 12.5 Å². The van der Waals surface area contributed by atoms with Crippen molar-refractivity contribution in [1.29, 1.82) is 0 Å². The number of thioether (sulfide) groups is 1. The molecule has 0 aromatic carbocycles. The maximum atomic E-state index is 5.45. The second-order valence-corrected chi connectivity index (χ2v) is 3.58. The lowest BCUT2D eigenvalue weighted by atomic mass is 10.4. The molecular formula is C6H11NOS. The predicted molar refractivity (Wildman–Crippen MR) is 38.4 cm³/mol. The summed E-state index contributed by atoms with van der Waals surface area (Å²) in [4.78, 5) is 2.41. The number of hydrogen-bond acceptors (Lipinski definition) is 3. The third-order valence-corrected chi connectivity index (χ3v) is 3.03. The summed E-state index contributed by atoms with van der Waals surface area (Å²) in [5.74, 6) is 1.28. The fourth-order valence-corrected chi connectivity index (χ4v) is 2.42. The lowest BCUT2D eigenvalue weighted by molar-refractivity contribution is 0.104. The van der Waals surface area contributed by atoms with Gasteiger partial charge in [-0.25, -0.2) is 0 Å². The first kappa shape index (κ1) is 6.01. The first-order chi connectivity index (χ1) is 4.47. The Morgan fingerprint density at radius 3 is 3.33 bits per heavy atom. The molecular weight excluding hydrogens is 134 g/mol. The normalized spacial score (nSPS) is 36.7. The molecule has 1 atom stereocenters. The van der Waals surface area contributed by atoms with Gasteiger partial charge in [0.15, 0.2) is 5.56 Å². The standard InChI is InChI=1S/C6H11NOS/c1-2-7-3-4-8-6(7)9-5-1/h6H,1-5H2. The molecule has 9 heavy (non-hydrogen) atoms. The number of rotatable bonds is 0. The summed E-state index contributed by atoms with van der Waals surface area (Å²) in [6, 6.07) is 0. The predicted octanol–water partition coefficient (Wildman–Crippen LogP) is 0.739. The summed E-state index contributed by atoms with van der Waals surface area (Å²) in [6.45, 7) is 3.34. The Bertz CT molecular complexity index is 97.2. The van der Waals surface area contributed by atoms with Crippen molar-refractivity contribution in [2.75, 3.05) is 25.4 Å². The van der Waals surface area contributed by atoms with Gasteiger partial charge in [0.2, 0.25) is 0 Å². The Morgan fingerprint density at radius 1 is 1.44 bits per heavy atom. The molecule has 2 nitrogen and oxygen atoms in total. The van der Waals surface area contributed by atoms with E-state index in [2.05, 4.69) is 4.90 Å². The second-order valence-electron chi connectivity index (χ2n) is 2.44. The quantitative estimate of drug-likeness (QED) is 0.499. The van der Waals surface area contributed by atoms with Crippen molar-refractivity contribution in [1.82, 2.24) is 4.90 Å². The molecule has 0 aromatic heterocycles. The molecule has 0 bridgehead atoms. The highest BCUT2D eigenvalue weighted by molar-refractivity contribution is 7.99. The molecule has 2 aliphatic heterocycles. The molecule has 0 aromatic rings. The molecule has 2 saturated heterocycles. The summed E-state index contributed by atoms with van der Waals surface area (Å²) in [6.07, 6.45) is 1.34. The van der Waals surface area contributed by atoms with E-state index in [4.69, 9.17) is 4.74 Å². The van der Waals surface area contributed by atoms with Crippen LogP contribution in [0.25, 0.3) is 0 Å². The lowest BCUT2D eigenvalue weighted by Crippen LogP contribution is -2.32. The van der Waals surface area contributed by atoms with Gasteiger partial charge < -0.3 is 4.74 Å². The fourth-order valence-electron chi connectivity index (χ4n) is 1.30. The van der Waals surface area contributed by atoms with Gasteiger partial charge in [0.25, 0.3) is 0 Å². The van der Waals surface area contributed by atoms with Gasteiger partial charge in [-0.2, -0.15) is 0 Å². The molecule has 0 saturated carbocycles. The van der Waals surface area contributed by atoms with Gasteiger partial charge >= 0.3 is 0 Å². The number of fused-ring (bicyclic) bond motifs is 1.